The summed E-state index contributed by atoms with van der Waals surface area (Å²) < 4.78 is 0. The Morgan fingerprint density at radius 2 is 0.778 bits per heavy atom. The van der Waals surface area contributed by atoms with Gasteiger partial charge in [0.05, 0.1) is 0 Å². The minimum Gasteiger partial charge on any atom is -0.854 e. The molecule has 0 bridgehead atoms. The van der Waals surface area contributed by atoms with Crippen LogP contribution in [0, 0.1) is 0 Å². The second-order valence-corrected chi connectivity index (χ2v) is 5.30. The van der Waals surface area contributed by atoms with Crippen LogP contribution in [0.2, 0.25) is 0 Å². The molecule has 0 fully saturated rings. The maximum absolute atomic E-state index is 10.2. The Labute approximate surface area is 158 Å². The monoisotopic (exact) mass is 280 g/mol. The van der Waals surface area contributed by atoms with Crippen LogP contribution in [0.5, 0.6) is 0 Å². The summed E-state index contributed by atoms with van der Waals surface area (Å²) in [6.07, 6.45) is 18.9. The molecule has 0 radical (unpaired) electrons. The van der Waals surface area contributed by atoms with E-state index in [1.165, 1.54) is 77.0 Å². The van der Waals surface area contributed by atoms with Crippen LogP contribution in [0.1, 0.15) is 96.8 Å². The molecule has 0 saturated carbocycles. The first-order valence-corrected chi connectivity index (χ1v) is 8.00. The second kappa shape index (κ2) is 20.9. The van der Waals surface area contributed by atoms with E-state index in [-0.39, 0.29) is 58.0 Å². The molecular formula is C16H33KO. The minimum absolute atomic E-state index is 0. The van der Waals surface area contributed by atoms with Gasteiger partial charge in [-0.2, -0.15) is 0 Å². The van der Waals surface area contributed by atoms with Gasteiger partial charge in [-0.3, -0.25) is 0 Å². The molecule has 0 aromatic rings. The van der Waals surface area contributed by atoms with Gasteiger partial charge in [0.1, 0.15) is 0 Å². The molecule has 0 aliphatic heterocycles. The van der Waals surface area contributed by atoms with Crippen LogP contribution in [0.15, 0.2) is 0 Å². The Morgan fingerprint density at radius 1 is 0.500 bits per heavy atom. The number of hydrogen-bond donors (Lipinski definition) is 0. The molecule has 0 spiro atoms. The first kappa shape index (κ1) is 21.9. The van der Waals surface area contributed by atoms with Crippen LogP contribution in [-0.2, 0) is 0 Å². The van der Waals surface area contributed by atoms with Crippen LogP contribution >= 0.6 is 0 Å². The number of unbranched alkanes of at least 4 members (excludes halogenated alkanes) is 13. The summed E-state index contributed by atoms with van der Waals surface area (Å²) in [6, 6.07) is 0. The van der Waals surface area contributed by atoms with E-state index in [0.29, 0.717) is 0 Å². The molecule has 0 heterocycles. The zero-order chi connectivity index (χ0) is 12.6. The molecule has 0 aromatic heterocycles. The van der Waals surface area contributed by atoms with Gasteiger partial charge in [0.2, 0.25) is 0 Å². The van der Waals surface area contributed by atoms with Crippen LogP contribution in [-0.4, -0.2) is 6.61 Å². The van der Waals surface area contributed by atoms with Crippen LogP contribution in [0.25, 0.3) is 0 Å². The molecule has 0 saturated heterocycles. The van der Waals surface area contributed by atoms with E-state index in [1.54, 1.807) is 0 Å². The number of hydrogen-bond acceptors (Lipinski definition) is 1. The van der Waals surface area contributed by atoms with Crippen LogP contribution < -0.4 is 56.5 Å². The summed E-state index contributed by atoms with van der Waals surface area (Å²) >= 11 is 0. The molecular weight excluding hydrogens is 247 g/mol. The van der Waals surface area contributed by atoms with Gasteiger partial charge in [0.15, 0.2) is 0 Å². The molecule has 0 rings (SSSR count). The molecule has 0 aliphatic rings. The Bertz CT molecular complexity index is 114. The SMILES string of the molecule is CCCCCCCCCCCCCCCC[O-].[K+]. The largest absolute Gasteiger partial charge is 1.00 e. The van der Waals surface area contributed by atoms with Crippen molar-refractivity contribution in [1.82, 2.24) is 0 Å². The third kappa shape index (κ3) is 19.9. The summed E-state index contributed by atoms with van der Waals surface area (Å²) in [6.45, 7) is 2.40. The standard InChI is InChI=1S/C16H33O.K/c1-2-3-4-5-6-7-8-9-10-11-12-13-14-15-16-17;/h2-16H2,1H3;/q-1;+1. The first-order valence-electron chi connectivity index (χ1n) is 8.00. The fraction of sp³-hybridized carbons (Fsp3) is 1.00. The fourth-order valence-corrected chi connectivity index (χ4v) is 2.30. The minimum atomic E-state index is 0. The van der Waals surface area contributed by atoms with E-state index in [1.807, 2.05) is 0 Å². The van der Waals surface area contributed by atoms with Gasteiger partial charge in [0.25, 0.3) is 0 Å². The fourth-order valence-electron chi connectivity index (χ4n) is 2.30. The van der Waals surface area contributed by atoms with Crippen molar-refractivity contribution >= 4 is 0 Å². The average molecular weight is 281 g/mol. The Kier molecular flexibility index (Phi) is 25.4. The third-order valence-corrected chi connectivity index (χ3v) is 3.50. The van der Waals surface area contributed by atoms with Crippen molar-refractivity contribution in [1.29, 1.82) is 0 Å². The van der Waals surface area contributed by atoms with Crippen molar-refractivity contribution in [3.8, 4) is 0 Å². The quantitative estimate of drug-likeness (QED) is 0.352. The molecule has 104 valence electrons. The van der Waals surface area contributed by atoms with Gasteiger partial charge >= 0.3 is 51.4 Å². The number of rotatable bonds is 14. The zero-order valence-electron chi connectivity index (χ0n) is 13.0. The summed E-state index contributed by atoms with van der Waals surface area (Å²) in [5.41, 5.74) is 0. The van der Waals surface area contributed by atoms with Crippen LogP contribution in [0.4, 0.5) is 0 Å². The van der Waals surface area contributed by atoms with Crippen molar-refractivity contribution in [2.24, 2.45) is 0 Å². The van der Waals surface area contributed by atoms with Gasteiger partial charge in [-0.05, 0) is 0 Å². The predicted octanol–water partition coefficient (Wildman–Crippen LogP) is 1.83. The predicted molar refractivity (Wildman–Crippen MR) is 75.2 cm³/mol. The molecule has 0 unspecified atom stereocenters. The van der Waals surface area contributed by atoms with E-state index >= 15 is 0 Å². The smallest absolute Gasteiger partial charge is 0.854 e. The molecule has 1 nitrogen and oxygen atoms in total. The zero-order valence-corrected chi connectivity index (χ0v) is 16.1. The summed E-state index contributed by atoms with van der Waals surface area (Å²) in [5.74, 6) is 0. The first-order chi connectivity index (χ1) is 8.41. The second-order valence-electron chi connectivity index (χ2n) is 5.30. The van der Waals surface area contributed by atoms with Gasteiger partial charge in [-0.15, -0.1) is 6.61 Å². The van der Waals surface area contributed by atoms with Crippen molar-refractivity contribution in [3.63, 3.8) is 0 Å². The summed E-state index contributed by atoms with van der Waals surface area (Å²) in [5, 5.41) is 10.2. The normalized spacial score (nSPS) is 10.3. The Morgan fingerprint density at radius 3 is 1.06 bits per heavy atom. The van der Waals surface area contributed by atoms with Gasteiger partial charge in [-0.1, -0.05) is 96.8 Å². The molecule has 0 atom stereocenters. The summed E-state index contributed by atoms with van der Waals surface area (Å²) in [4.78, 5) is 0. The molecule has 0 aliphatic carbocycles. The van der Waals surface area contributed by atoms with Gasteiger partial charge in [0, 0.05) is 0 Å². The topological polar surface area (TPSA) is 23.1 Å². The maximum Gasteiger partial charge on any atom is 1.00 e. The van der Waals surface area contributed by atoms with E-state index in [0.717, 1.165) is 12.8 Å². The van der Waals surface area contributed by atoms with E-state index in [9.17, 15) is 5.11 Å². The molecule has 18 heavy (non-hydrogen) atoms. The van der Waals surface area contributed by atoms with Gasteiger partial charge < -0.3 is 5.11 Å². The summed E-state index contributed by atoms with van der Waals surface area (Å²) in [7, 11) is 0. The van der Waals surface area contributed by atoms with E-state index < -0.39 is 0 Å². The van der Waals surface area contributed by atoms with Crippen molar-refractivity contribution < 1.29 is 56.5 Å². The molecule has 2 heteroatoms. The third-order valence-electron chi connectivity index (χ3n) is 3.50. The van der Waals surface area contributed by atoms with E-state index in [4.69, 9.17) is 0 Å². The van der Waals surface area contributed by atoms with Crippen molar-refractivity contribution in [2.45, 2.75) is 96.8 Å². The average Bonchev–Trinajstić information content (AvgIpc) is 2.35. The maximum atomic E-state index is 10.2. The van der Waals surface area contributed by atoms with Crippen LogP contribution in [0.3, 0.4) is 0 Å². The molecule has 0 N–H and O–H groups in total. The Balaban J connectivity index is 0. The van der Waals surface area contributed by atoms with Gasteiger partial charge in [-0.25, -0.2) is 0 Å². The van der Waals surface area contributed by atoms with E-state index in [2.05, 4.69) is 6.92 Å². The van der Waals surface area contributed by atoms with Crippen molar-refractivity contribution in [3.05, 3.63) is 0 Å². The van der Waals surface area contributed by atoms with Crippen molar-refractivity contribution in [2.75, 3.05) is 6.61 Å². The molecule has 0 amide bonds. The molecule has 0 aromatic carbocycles. The Hall–Kier alpha value is 1.60.